The van der Waals surface area contributed by atoms with E-state index in [9.17, 15) is 0 Å². The van der Waals surface area contributed by atoms with E-state index >= 15 is 0 Å². The van der Waals surface area contributed by atoms with Gasteiger partial charge in [-0.3, -0.25) is 9.80 Å². The normalized spacial score (nSPS) is 20.8. The largest absolute Gasteiger partial charge is 0.473 e. The molecular formula is C30H31N3O4. The van der Waals surface area contributed by atoms with Crippen LogP contribution in [0.2, 0.25) is 0 Å². The van der Waals surface area contributed by atoms with Crippen LogP contribution in [0, 0.1) is 11.3 Å². The van der Waals surface area contributed by atoms with E-state index < -0.39 is 11.9 Å². The predicted molar refractivity (Wildman–Crippen MR) is 140 cm³/mol. The summed E-state index contributed by atoms with van der Waals surface area (Å²) in [7, 11) is 0. The lowest BCUT2D eigenvalue weighted by Crippen LogP contribution is -2.60. The first-order valence-electron chi connectivity index (χ1n) is 12.5. The first-order chi connectivity index (χ1) is 18.0. The highest BCUT2D eigenvalue weighted by Crippen LogP contribution is 2.38. The molecule has 2 aliphatic rings. The summed E-state index contributed by atoms with van der Waals surface area (Å²) in [6.45, 7) is 4.36. The van der Waals surface area contributed by atoms with Crippen molar-refractivity contribution in [2.45, 2.75) is 37.4 Å². The molecule has 7 heteroatoms. The number of benzene rings is 3. The number of carbonyl (C=O) groups is 2. The van der Waals surface area contributed by atoms with Crippen molar-refractivity contribution in [3.63, 3.8) is 0 Å². The highest BCUT2D eigenvalue weighted by Gasteiger charge is 2.39. The van der Waals surface area contributed by atoms with Gasteiger partial charge in [0.15, 0.2) is 0 Å². The summed E-state index contributed by atoms with van der Waals surface area (Å²) in [5.74, 6) is -3.22. The lowest BCUT2D eigenvalue weighted by molar-refractivity contribution is -0.159. The summed E-state index contributed by atoms with van der Waals surface area (Å²) >= 11 is 0. The number of piperidine rings is 1. The summed E-state index contributed by atoms with van der Waals surface area (Å²) in [4.78, 5) is 23.6. The van der Waals surface area contributed by atoms with E-state index in [1.807, 2.05) is 12.1 Å². The molecule has 2 fully saturated rings. The Labute approximate surface area is 217 Å². The standard InChI is InChI=1S/C28H29N3.C2H2O4/c29-19-22-11-13-23(14-12-22)20-30-17-18-31-21-26(30)15-16-27(31)28(24-7-3-1-4-8-24)25-9-5-2-6-10-25;3-1(4)2(5)6/h1-14,26-28H,15-18,20-21H2;(H,3,4)(H,5,6)/t26-,27-;/m1./s1. The Bertz CT molecular complexity index is 1170. The second-order valence-corrected chi connectivity index (χ2v) is 9.48. The number of carboxylic acids is 2. The van der Waals surface area contributed by atoms with Gasteiger partial charge in [0.1, 0.15) is 0 Å². The van der Waals surface area contributed by atoms with E-state index in [-0.39, 0.29) is 0 Å². The van der Waals surface area contributed by atoms with Gasteiger partial charge in [0.2, 0.25) is 0 Å². The predicted octanol–water partition coefficient (Wildman–Crippen LogP) is 4.19. The van der Waals surface area contributed by atoms with Crippen LogP contribution in [0.5, 0.6) is 0 Å². The van der Waals surface area contributed by atoms with Crippen LogP contribution in [0.4, 0.5) is 0 Å². The Kier molecular flexibility index (Phi) is 8.68. The van der Waals surface area contributed by atoms with Gasteiger partial charge in [-0.15, -0.1) is 0 Å². The second-order valence-electron chi connectivity index (χ2n) is 9.48. The van der Waals surface area contributed by atoms with Gasteiger partial charge in [0.05, 0.1) is 11.6 Å². The number of piperazine rings is 1. The molecule has 0 saturated carbocycles. The lowest BCUT2D eigenvalue weighted by atomic mass is 9.79. The highest BCUT2D eigenvalue weighted by atomic mass is 16.4. The quantitative estimate of drug-likeness (QED) is 0.509. The third-order valence-corrected chi connectivity index (χ3v) is 7.25. The minimum atomic E-state index is -1.82. The fourth-order valence-electron chi connectivity index (χ4n) is 5.50. The third kappa shape index (κ3) is 6.62. The van der Waals surface area contributed by atoms with Gasteiger partial charge in [0.25, 0.3) is 0 Å². The van der Waals surface area contributed by atoms with Gasteiger partial charge in [-0.2, -0.15) is 5.26 Å². The van der Waals surface area contributed by atoms with Crippen molar-refractivity contribution in [1.82, 2.24) is 9.80 Å². The highest BCUT2D eigenvalue weighted by molar-refractivity contribution is 6.27. The topological polar surface area (TPSA) is 105 Å². The fraction of sp³-hybridized carbons (Fsp3) is 0.300. The zero-order chi connectivity index (χ0) is 26.2. The SMILES string of the molecule is N#Cc1ccc(CN2CCN3C[C@H]2CC[C@@H]3C(c2ccccc2)c2ccccc2)cc1.O=C(O)C(=O)O. The van der Waals surface area contributed by atoms with Crippen molar-refractivity contribution in [2.24, 2.45) is 0 Å². The second kappa shape index (κ2) is 12.3. The number of nitrogens with zero attached hydrogens (tertiary/aromatic N) is 3. The molecule has 2 bridgehead atoms. The number of rotatable bonds is 5. The van der Waals surface area contributed by atoms with E-state index in [4.69, 9.17) is 25.1 Å². The molecule has 0 radical (unpaired) electrons. The molecule has 5 rings (SSSR count). The maximum absolute atomic E-state index is 9.10. The van der Waals surface area contributed by atoms with Gasteiger partial charge in [-0.25, -0.2) is 9.59 Å². The molecule has 0 aliphatic carbocycles. The van der Waals surface area contributed by atoms with Gasteiger partial charge in [-0.1, -0.05) is 72.8 Å². The smallest absolute Gasteiger partial charge is 0.414 e. The zero-order valence-electron chi connectivity index (χ0n) is 20.6. The van der Waals surface area contributed by atoms with Crippen LogP contribution in [-0.2, 0) is 16.1 Å². The summed E-state index contributed by atoms with van der Waals surface area (Å²) < 4.78 is 0. The Morgan fingerprint density at radius 3 is 1.92 bits per heavy atom. The van der Waals surface area contributed by atoms with Gasteiger partial charge in [-0.05, 0) is 41.7 Å². The molecule has 2 heterocycles. The number of nitriles is 1. The summed E-state index contributed by atoms with van der Waals surface area (Å²) in [5, 5.41) is 23.8. The molecule has 3 aromatic carbocycles. The lowest BCUT2D eigenvalue weighted by Gasteiger charge is -2.51. The van der Waals surface area contributed by atoms with E-state index in [0.717, 1.165) is 31.7 Å². The molecule has 0 spiro atoms. The molecule has 3 atom stereocenters. The van der Waals surface area contributed by atoms with E-state index in [0.29, 0.717) is 18.0 Å². The van der Waals surface area contributed by atoms with Gasteiger partial charge < -0.3 is 10.2 Å². The number of aliphatic carboxylic acids is 2. The monoisotopic (exact) mass is 497 g/mol. The molecule has 3 aromatic rings. The molecule has 2 saturated heterocycles. The Morgan fingerprint density at radius 1 is 0.838 bits per heavy atom. The van der Waals surface area contributed by atoms with Crippen LogP contribution in [0.1, 0.15) is 41.0 Å². The average molecular weight is 498 g/mol. The average Bonchev–Trinajstić information content (AvgIpc) is 2.93. The first-order valence-corrected chi connectivity index (χ1v) is 12.5. The summed E-state index contributed by atoms with van der Waals surface area (Å²) in [6.07, 6.45) is 2.47. The third-order valence-electron chi connectivity index (χ3n) is 7.25. The van der Waals surface area contributed by atoms with Crippen molar-refractivity contribution in [2.75, 3.05) is 19.6 Å². The van der Waals surface area contributed by atoms with Crippen molar-refractivity contribution in [3.8, 4) is 6.07 Å². The Hall–Kier alpha value is -3.99. The van der Waals surface area contributed by atoms with E-state index in [2.05, 4.69) is 88.7 Å². The minimum Gasteiger partial charge on any atom is -0.473 e. The summed E-state index contributed by atoms with van der Waals surface area (Å²) in [6, 6.07) is 33.6. The molecule has 37 heavy (non-hydrogen) atoms. The van der Waals surface area contributed by atoms with Gasteiger partial charge in [0, 0.05) is 44.2 Å². The van der Waals surface area contributed by atoms with Crippen molar-refractivity contribution in [3.05, 3.63) is 107 Å². The van der Waals surface area contributed by atoms with Crippen molar-refractivity contribution < 1.29 is 19.8 Å². The van der Waals surface area contributed by atoms with Crippen molar-refractivity contribution in [1.29, 1.82) is 5.26 Å². The number of hydrogen-bond acceptors (Lipinski definition) is 5. The van der Waals surface area contributed by atoms with Crippen LogP contribution < -0.4 is 0 Å². The van der Waals surface area contributed by atoms with Crippen LogP contribution >= 0.6 is 0 Å². The molecule has 1 unspecified atom stereocenters. The Morgan fingerprint density at radius 2 is 1.41 bits per heavy atom. The first kappa shape index (κ1) is 26.1. The molecule has 2 N–H and O–H groups in total. The van der Waals surface area contributed by atoms with Crippen LogP contribution in [0.3, 0.4) is 0 Å². The molecule has 190 valence electrons. The van der Waals surface area contributed by atoms with E-state index in [1.54, 1.807) is 0 Å². The molecule has 2 aliphatic heterocycles. The molecule has 0 amide bonds. The van der Waals surface area contributed by atoms with Crippen LogP contribution in [0.25, 0.3) is 0 Å². The minimum absolute atomic E-state index is 0.424. The number of hydrogen-bond donors (Lipinski definition) is 2. The van der Waals surface area contributed by atoms with E-state index in [1.165, 1.54) is 29.5 Å². The molecule has 0 aromatic heterocycles. The number of carboxylic acid groups (broad SMARTS) is 2. The van der Waals surface area contributed by atoms with Crippen LogP contribution in [0.15, 0.2) is 84.9 Å². The maximum atomic E-state index is 9.10. The molecule has 7 nitrogen and oxygen atoms in total. The number of fused-ring (bicyclic) bond motifs is 2. The van der Waals surface area contributed by atoms with Crippen LogP contribution in [-0.4, -0.2) is 63.7 Å². The maximum Gasteiger partial charge on any atom is 0.414 e. The molecular weight excluding hydrogens is 466 g/mol. The fourth-order valence-corrected chi connectivity index (χ4v) is 5.50. The Balaban J connectivity index is 0.000000480. The van der Waals surface area contributed by atoms with Crippen molar-refractivity contribution >= 4 is 11.9 Å². The zero-order valence-corrected chi connectivity index (χ0v) is 20.6. The summed E-state index contributed by atoms with van der Waals surface area (Å²) in [5.41, 5.74) is 4.90. The van der Waals surface area contributed by atoms with Gasteiger partial charge >= 0.3 is 11.9 Å².